The number of fused-ring (bicyclic) bond motifs is 1. The minimum Gasteiger partial charge on any atom is -0.496 e. The van der Waals surface area contributed by atoms with E-state index >= 15 is 0 Å². The van der Waals surface area contributed by atoms with E-state index in [4.69, 9.17) is 4.74 Å². The van der Waals surface area contributed by atoms with Crippen LogP contribution in [-0.2, 0) is 6.54 Å². The van der Waals surface area contributed by atoms with Crippen LogP contribution in [0.25, 0.3) is 0 Å². The number of halogens is 2. The molecule has 0 unspecified atom stereocenters. The van der Waals surface area contributed by atoms with Crippen LogP contribution < -0.4 is 15.4 Å². The number of benzene rings is 2. The van der Waals surface area contributed by atoms with Gasteiger partial charge in [0.25, 0.3) is 12.3 Å². The molecule has 0 saturated carbocycles. The van der Waals surface area contributed by atoms with Crippen molar-refractivity contribution in [1.82, 2.24) is 15.1 Å². The van der Waals surface area contributed by atoms with Gasteiger partial charge in [-0.25, -0.2) is 13.5 Å². The van der Waals surface area contributed by atoms with E-state index in [-0.39, 0.29) is 24.6 Å². The highest BCUT2D eigenvalue weighted by Crippen LogP contribution is 2.39. The third-order valence-corrected chi connectivity index (χ3v) is 5.54. The number of methoxy groups -OCH3 is 1. The molecule has 0 aliphatic carbocycles. The number of nitrogens with zero attached hydrogens (tertiary/aromatic N) is 2. The van der Waals surface area contributed by atoms with Crippen molar-refractivity contribution in [1.29, 1.82) is 0 Å². The predicted molar refractivity (Wildman–Crippen MR) is 114 cm³/mol. The number of para-hydroxylation sites is 1. The molecule has 1 aliphatic rings. The van der Waals surface area contributed by atoms with Crippen LogP contribution in [0, 0.1) is 6.92 Å². The van der Waals surface area contributed by atoms with Gasteiger partial charge in [0.2, 0.25) is 0 Å². The molecule has 162 valence electrons. The summed E-state index contributed by atoms with van der Waals surface area (Å²) >= 11 is 0. The van der Waals surface area contributed by atoms with Gasteiger partial charge in [0.15, 0.2) is 0 Å². The fourth-order valence-electron chi connectivity index (χ4n) is 3.84. The quantitative estimate of drug-likeness (QED) is 0.609. The molecule has 2 atom stereocenters. The third kappa shape index (κ3) is 4.23. The summed E-state index contributed by atoms with van der Waals surface area (Å²) in [7, 11) is 1.56. The number of hydrogen-bond acceptors (Lipinski definition) is 4. The Bertz CT molecular complexity index is 1070. The molecule has 31 heavy (non-hydrogen) atoms. The van der Waals surface area contributed by atoms with Crippen LogP contribution in [0.5, 0.6) is 5.75 Å². The molecule has 0 fully saturated rings. The number of aromatic nitrogens is 2. The van der Waals surface area contributed by atoms with Crippen molar-refractivity contribution in [2.45, 2.75) is 38.4 Å². The van der Waals surface area contributed by atoms with Gasteiger partial charge in [0, 0.05) is 12.1 Å². The molecule has 0 radical (unpaired) electrons. The summed E-state index contributed by atoms with van der Waals surface area (Å²) in [6, 6.07) is 13.6. The highest BCUT2D eigenvalue weighted by molar-refractivity contribution is 5.98. The number of alkyl halides is 2. The SMILES string of the molecule is COc1ccccc1CNC(=O)c1cnn2c1N[C@@H](c1ccc(C)cc1)C[C@@H]2C(F)F. The van der Waals surface area contributed by atoms with Crippen molar-refractivity contribution >= 4 is 11.7 Å². The maximum atomic E-state index is 13.8. The van der Waals surface area contributed by atoms with Crippen molar-refractivity contribution in [2.75, 3.05) is 12.4 Å². The van der Waals surface area contributed by atoms with Gasteiger partial charge >= 0.3 is 0 Å². The van der Waals surface area contributed by atoms with Gasteiger partial charge in [-0.15, -0.1) is 0 Å². The summed E-state index contributed by atoms with van der Waals surface area (Å²) in [5.74, 6) is 0.576. The molecular weight excluding hydrogens is 402 g/mol. The first-order valence-electron chi connectivity index (χ1n) is 10.1. The highest BCUT2D eigenvalue weighted by Gasteiger charge is 2.36. The lowest BCUT2D eigenvalue weighted by Crippen LogP contribution is -2.32. The molecule has 0 spiro atoms. The van der Waals surface area contributed by atoms with Gasteiger partial charge in [-0.1, -0.05) is 48.0 Å². The smallest absolute Gasteiger partial charge is 0.260 e. The van der Waals surface area contributed by atoms with Gasteiger partial charge < -0.3 is 15.4 Å². The van der Waals surface area contributed by atoms with E-state index in [0.717, 1.165) is 16.7 Å². The number of carbonyl (C=O) groups excluding carboxylic acids is 1. The van der Waals surface area contributed by atoms with Crippen LogP contribution in [0.2, 0.25) is 0 Å². The van der Waals surface area contributed by atoms with E-state index < -0.39 is 18.4 Å². The zero-order chi connectivity index (χ0) is 22.0. The van der Waals surface area contributed by atoms with Crippen LogP contribution in [-0.4, -0.2) is 29.2 Å². The number of ether oxygens (including phenoxy) is 1. The summed E-state index contributed by atoms with van der Waals surface area (Å²) < 4.78 is 34.2. The number of aryl methyl sites for hydroxylation is 1. The Morgan fingerprint density at radius 1 is 1.26 bits per heavy atom. The maximum Gasteiger partial charge on any atom is 0.260 e. The van der Waals surface area contributed by atoms with Crippen molar-refractivity contribution in [3.8, 4) is 5.75 Å². The number of nitrogens with one attached hydrogen (secondary N) is 2. The van der Waals surface area contributed by atoms with Gasteiger partial charge in [0.1, 0.15) is 23.2 Å². The van der Waals surface area contributed by atoms with E-state index in [2.05, 4.69) is 15.7 Å². The van der Waals surface area contributed by atoms with E-state index in [1.165, 1.54) is 10.9 Å². The van der Waals surface area contributed by atoms with Crippen molar-refractivity contribution in [2.24, 2.45) is 0 Å². The first kappa shape index (κ1) is 20.8. The Kier molecular flexibility index (Phi) is 5.88. The minimum atomic E-state index is -2.60. The third-order valence-electron chi connectivity index (χ3n) is 5.54. The van der Waals surface area contributed by atoms with Crippen LogP contribution in [0.1, 0.15) is 45.6 Å². The number of amides is 1. The normalized spacial score (nSPS) is 17.7. The molecule has 1 aromatic heterocycles. The molecule has 0 bridgehead atoms. The van der Waals surface area contributed by atoms with Crippen LogP contribution >= 0.6 is 0 Å². The topological polar surface area (TPSA) is 68.2 Å². The van der Waals surface area contributed by atoms with Crippen LogP contribution in [0.4, 0.5) is 14.6 Å². The minimum absolute atomic E-state index is 0.178. The summed E-state index contributed by atoms with van der Waals surface area (Å²) in [5, 5.41) is 10.2. The summed E-state index contributed by atoms with van der Waals surface area (Å²) in [4.78, 5) is 12.9. The number of anilines is 1. The van der Waals surface area contributed by atoms with Crippen molar-refractivity contribution in [3.05, 3.63) is 77.0 Å². The molecule has 8 heteroatoms. The van der Waals surface area contributed by atoms with E-state index in [0.29, 0.717) is 11.6 Å². The summed E-state index contributed by atoms with van der Waals surface area (Å²) in [6.07, 6.45) is -1.08. The standard InChI is InChI=1S/C23H24F2N4O2/c1-14-7-9-15(10-8-14)18-11-19(21(24)25)29-22(28-18)17(13-27-29)23(30)26-12-16-5-3-4-6-20(16)31-2/h3-10,13,18-19,21,28H,11-12H2,1-2H3,(H,26,30)/t18-,19-/m1/s1. The maximum absolute atomic E-state index is 13.8. The van der Waals surface area contributed by atoms with Crippen LogP contribution in [0.3, 0.4) is 0 Å². The molecule has 3 aromatic rings. The Balaban J connectivity index is 1.58. The lowest BCUT2D eigenvalue weighted by atomic mass is 9.96. The van der Waals surface area contributed by atoms with Gasteiger partial charge in [-0.2, -0.15) is 5.10 Å². The molecule has 6 nitrogen and oxygen atoms in total. The molecule has 2 N–H and O–H groups in total. The largest absolute Gasteiger partial charge is 0.496 e. The number of hydrogen-bond donors (Lipinski definition) is 2. The molecular formula is C23H24F2N4O2. The average molecular weight is 426 g/mol. The second-order valence-electron chi connectivity index (χ2n) is 7.59. The lowest BCUT2D eigenvalue weighted by molar-refractivity contribution is 0.0656. The van der Waals surface area contributed by atoms with E-state index in [9.17, 15) is 13.6 Å². The molecule has 0 saturated heterocycles. The first-order valence-corrected chi connectivity index (χ1v) is 10.1. The van der Waals surface area contributed by atoms with Gasteiger partial charge in [-0.3, -0.25) is 4.79 Å². The average Bonchev–Trinajstić information content (AvgIpc) is 3.21. The van der Waals surface area contributed by atoms with E-state index in [1.807, 2.05) is 55.5 Å². The molecule has 2 heterocycles. The van der Waals surface area contributed by atoms with Crippen molar-refractivity contribution < 1.29 is 18.3 Å². The Labute approximate surface area is 179 Å². The first-order chi connectivity index (χ1) is 15.0. The number of rotatable bonds is 6. The Morgan fingerprint density at radius 3 is 2.71 bits per heavy atom. The summed E-state index contributed by atoms with van der Waals surface area (Å²) in [5.41, 5.74) is 3.03. The Hall–Kier alpha value is -3.42. The lowest BCUT2D eigenvalue weighted by Gasteiger charge is -2.32. The molecule has 4 rings (SSSR count). The molecule has 2 aromatic carbocycles. The molecule has 1 aliphatic heterocycles. The van der Waals surface area contributed by atoms with Crippen molar-refractivity contribution in [3.63, 3.8) is 0 Å². The molecule has 1 amide bonds. The monoisotopic (exact) mass is 426 g/mol. The second-order valence-corrected chi connectivity index (χ2v) is 7.59. The highest BCUT2D eigenvalue weighted by atomic mass is 19.3. The predicted octanol–water partition coefficient (Wildman–Crippen LogP) is 4.49. The zero-order valence-corrected chi connectivity index (χ0v) is 17.3. The number of carbonyl (C=O) groups is 1. The zero-order valence-electron chi connectivity index (χ0n) is 17.3. The second kappa shape index (κ2) is 8.75. The van der Waals surface area contributed by atoms with Crippen LogP contribution in [0.15, 0.2) is 54.7 Å². The van der Waals surface area contributed by atoms with Gasteiger partial charge in [-0.05, 0) is 25.0 Å². The van der Waals surface area contributed by atoms with Gasteiger partial charge in [0.05, 0.1) is 19.3 Å². The Morgan fingerprint density at radius 2 is 2.00 bits per heavy atom. The summed E-state index contributed by atoms with van der Waals surface area (Å²) in [6.45, 7) is 2.21. The fraction of sp³-hybridized carbons (Fsp3) is 0.304. The fourth-order valence-corrected chi connectivity index (χ4v) is 3.84. The van der Waals surface area contributed by atoms with E-state index in [1.54, 1.807) is 7.11 Å².